The van der Waals surface area contributed by atoms with Crippen molar-refractivity contribution in [3.8, 4) is 0 Å². The van der Waals surface area contributed by atoms with Crippen LogP contribution in [0.2, 0.25) is 0 Å². The monoisotopic (exact) mass is 402 g/mol. The van der Waals surface area contributed by atoms with E-state index in [-0.39, 0.29) is 24.3 Å². The molecule has 0 spiro atoms. The first kappa shape index (κ1) is 19.8. The highest BCUT2D eigenvalue weighted by Gasteiger charge is 2.22. The molecule has 0 radical (unpaired) electrons. The van der Waals surface area contributed by atoms with E-state index in [4.69, 9.17) is 4.74 Å². The molecule has 0 saturated carbocycles. The Balaban J connectivity index is 1.46. The van der Waals surface area contributed by atoms with Crippen LogP contribution in [0, 0.1) is 0 Å². The minimum Gasteiger partial charge on any atom is -0.462 e. The summed E-state index contributed by atoms with van der Waals surface area (Å²) in [5, 5.41) is 6.23. The fourth-order valence-electron chi connectivity index (χ4n) is 2.86. The predicted octanol–water partition coefficient (Wildman–Crippen LogP) is 1.40. The number of anilines is 1. The van der Waals surface area contributed by atoms with Crippen LogP contribution in [0.4, 0.5) is 5.82 Å². The van der Waals surface area contributed by atoms with Crippen LogP contribution in [-0.4, -0.2) is 67.0 Å². The lowest BCUT2D eigenvalue weighted by atomic mass is 10.2. The number of nitrogens with one attached hydrogen (secondary N) is 1. The van der Waals surface area contributed by atoms with Crippen molar-refractivity contribution in [2.24, 2.45) is 0 Å². The van der Waals surface area contributed by atoms with Gasteiger partial charge >= 0.3 is 5.97 Å². The molecule has 9 heteroatoms. The highest BCUT2D eigenvalue weighted by atomic mass is 32.1. The fourth-order valence-corrected chi connectivity index (χ4v) is 3.49. The molecule has 28 heavy (non-hydrogen) atoms. The first-order valence-corrected chi connectivity index (χ1v) is 9.99. The van der Waals surface area contributed by atoms with Gasteiger partial charge in [0.15, 0.2) is 0 Å². The predicted molar refractivity (Wildman–Crippen MR) is 106 cm³/mol. The molecule has 0 bridgehead atoms. The second-order valence-electron chi connectivity index (χ2n) is 6.19. The number of pyridine rings is 1. The largest absolute Gasteiger partial charge is 0.462 e. The van der Waals surface area contributed by atoms with Crippen LogP contribution < -0.4 is 10.2 Å². The van der Waals surface area contributed by atoms with Crippen molar-refractivity contribution in [1.29, 1.82) is 0 Å². The molecule has 0 aromatic carbocycles. The van der Waals surface area contributed by atoms with Gasteiger partial charge in [0, 0.05) is 43.3 Å². The van der Waals surface area contributed by atoms with Crippen LogP contribution in [0.5, 0.6) is 0 Å². The maximum absolute atomic E-state index is 12.3. The molecule has 2 aromatic rings. The molecule has 0 atom stereocenters. The van der Waals surface area contributed by atoms with Gasteiger partial charge in [-0.1, -0.05) is 0 Å². The van der Waals surface area contributed by atoms with E-state index in [1.807, 2.05) is 5.38 Å². The summed E-state index contributed by atoms with van der Waals surface area (Å²) >= 11 is 1.44. The number of aromatic nitrogens is 1. The van der Waals surface area contributed by atoms with Crippen LogP contribution in [-0.2, 0) is 9.53 Å². The number of piperazine rings is 1. The summed E-state index contributed by atoms with van der Waals surface area (Å²) < 4.78 is 4.95. The van der Waals surface area contributed by atoms with E-state index in [1.54, 1.807) is 35.4 Å². The van der Waals surface area contributed by atoms with Crippen molar-refractivity contribution in [2.45, 2.75) is 6.92 Å². The van der Waals surface area contributed by atoms with Gasteiger partial charge in [-0.25, -0.2) is 9.78 Å². The first-order valence-electron chi connectivity index (χ1n) is 9.04. The summed E-state index contributed by atoms with van der Waals surface area (Å²) in [6.07, 6.45) is 1.50. The Labute approximate surface area is 167 Å². The second-order valence-corrected chi connectivity index (χ2v) is 6.97. The van der Waals surface area contributed by atoms with E-state index in [2.05, 4.69) is 15.2 Å². The van der Waals surface area contributed by atoms with Gasteiger partial charge in [0.25, 0.3) is 5.91 Å². The maximum Gasteiger partial charge on any atom is 0.339 e. The third-order valence-electron chi connectivity index (χ3n) is 4.40. The van der Waals surface area contributed by atoms with Crippen molar-refractivity contribution in [3.63, 3.8) is 0 Å². The van der Waals surface area contributed by atoms with Crippen LogP contribution in [0.3, 0.4) is 0 Å². The summed E-state index contributed by atoms with van der Waals surface area (Å²) in [5.74, 6) is 0.0281. The normalized spacial score (nSPS) is 13.9. The Morgan fingerprint density at radius 3 is 2.54 bits per heavy atom. The molecule has 3 heterocycles. The van der Waals surface area contributed by atoms with Crippen molar-refractivity contribution in [3.05, 3.63) is 46.3 Å². The van der Waals surface area contributed by atoms with Gasteiger partial charge in [-0.3, -0.25) is 9.59 Å². The zero-order valence-corrected chi connectivity index (χ0v) is 16.4. The molecular formula is C19H22N4O4S. The summed E-state index contributed by atoms with van der Waals surface area (Å²) in [5.41, 5.74) is 0.987. The number of amides is 2. The van der Waals surface area contributed by atoms with Gasteiger partial charge in [0.05, 0.1) is 18.7 Å². The minimum atomic E-state index is -0.388. The highest BCUT2D eigenvalue weighted by Crippen LogP contribution is 2.15. The molecule has 2 amide bonds. The quantitative estimate of drug-likeness (QED) is 0.735. The molecule has 2 aromatic heterocycles. The van der Waals surface area contributed by atoms with Gasteiger partial charge in [-0.05, 0) is 30.5 Å². The molecule has 1 saturated heterocycles. The van der Waals surface area contributed by atoms with E-state index in [9.17, 15) is 14.4 Å². The van der Waals surface area contributed by atoms with Crippen molar-refractivity contribution < 1.29 is 19.1 Å². The number of hydrogen-bond acceptors (Lipinski definition) is 7. The highest BCUT2D eigenvalue weighted by molar-refractivity contribution is 7.08. The first-order chi connectivity index (χ1) is 13.6. The average Bonchev–Trinajstić information content (AvgIpc) is 3.27. The van der Waals surface area contributed by atoms with Crippen molar-refractivity contribution in [1.82, 2.24) is 15.2 Å². The number of rotatable bonds is 6. The Bertz CT molecular complexity index is 815. The smallest absolute Gasteiger partial charge is 0.339 e. The van der Waals surface area contributed by atoms with E-state index in [0.717, 1.165) is 5.82 Å². The summed E-state index contributed by atoms with van der Waals surface area (Å²) in [4.78, 5) is 44.1. The van der Waals surface area contributed by atoms with E-state index in [1.165, 1.54) is 17.5 Å². The van der Waals surface area contributed by atoms with Gasteiger partial charge in [-0.15, -0.1) is 0 Å². The van der Waals surface area contributed by atoms with Gasteiger partial charge in [0.2, 0.25) is 5.91 Å². The molecule has 1 aliphatic rings. The Kier molecular flexibility index (Phi) is 6.59. The third-order valence-corrected chi connectivity index (χ3v) is 5.08. The maximum atomic E-state index is 12.3. The number of esters is 1. The summed E-state index contributed by atoms with van der Waals surface area (Å²) in [7, 11) is 0. The molecular weight excluding hydrogens is 380 g/mol. The van der Waals surface area contributed by atoms with Crippen LogP contribution in [0.1, 0.15) is 27.6 Å². The number of nitrogens with zero attached hydrogens (tertiary/aromatic N) is 3. The number of ether oxygens (including phenoxy) is 1. The Morgan fingerprint density at radius 1 is 1.14 bits per heavy atom. The Morgan fingerprint density at radius 2 is 1.93 bits per heavy atom. The van der Waals surface area contributed by atoms with E-state index >= 15 is 0 Å². The molecule has 3 rings (SSSR count). The number of hydrogen-bond donors (Lipinski definition) is 1. The van der Waals surface area contributed by atoms with Crippen molar-refractivity contribution >= 4 is 34.9 Å². The lowest BCUT2D eigenvalue weighted by molar-refractivity contribution is -0.130. The lowest BCUT2D eigenvalue weighted by Crippen LogP contribution is -2.51. The van der Waals surface area contributed by atoms with Gasteiger partial charge in [0.1, 0.15) is 5.82 Å². The van der Waals surface area contributed by atoms with Crippen LogP contribution in [0.15, 0.2) is 35.2 Å². The van der Waals surface area contributed by atoms with E-state index < -0.39 is 0 Å². The number of carbonyl (C=O) groups is 3. The molecule has 8 nitrogen and oxygen atoms in total. The minimum absolute atomic E-state index is 0.0127. The van der Waals surface area contributed by atoms with Gasteiger partial charge in [-0.2, -0.15) is 11.3 Å². The number of carbonyl (C=O) groups excluding carboxylic acids is 3. The molecule has 0 unspecified atom stereocenters. The molecule has 1 N–H and O–H groups in total. The average molecular weight is 402 g/mol. The lowest BCUT2D eigenvalue weighted by Gasteiger charge is -2.35. The van der Waals surface area contributed by atoms with Gasteiger partial charge < -0.3 is 19.9 Å². The zero-order valence-electron chi connectivity index (χ0n) is 15.6. The van der Waals surface area contributed by atoms with Crippen molar-refractivity contribution in [2.75, 3.05) is 44.2 Å². The molecule has 148 valence electrons. The Hall–Kier alpha value is -2.94. The summed E-state index contributed by atoms with van der Waals surface area (Å²) in [6, 6.07) is 5.20. The standard InChI is InChI=1S/C19H22N4O4S/c1-2-27-19(26)14-3-4-16(20-11-14)22-6-8-23(9-7-22)17(24)12-21-18(25)15-5-10-28-13-15/h3-5,10-11,13H,2,6-9,12H2,1H3,(H,21,25). The van der Waals surface area contributed by atoms with Crippen LogP contribution in [0.25, 0.3) is 0 Å². The molecule has 1 fully saturated rings. The zero-order chi connectivity index (χ0) is 19.9. The topological polar surface area (TPSA) is 91.8 Å². The SMILES string of the molecule is CCOC(=O)c1ccc(N2CCN(C(=O)CNC(=O)c3ccsc3)CC2)nc1. The molecule has 0 aliphatic carbocycles. The summed E-state index contributed by atoms with van der Waals surface area (Å²) in [6.45, 7) is 4.44. The fraction of sp³-hybridized carbons (Fsp3) is 0.368. The molecule has 1 aliphatic heterocycles. The van der Waals surface area contributed by atoms with Crippen LogP contribution >= 0.6 is 11.3 Å². The third kappa shape index (κ3) is 4.86. The second kappa shape index (κ2) is 9.32. The number of thiophene rings is 1. The van der Waals surface area contributed by atoms with E-state index in [0.29, 0.717) is 43.9 Å².